The number of aryl methyl sites for hydroxylation is 1. The van der Waals surface area contributed by atoms with E-state index in [1.807, 2.05) is 37.3 Å². The molecular weight excluding hydrogens is 368 g/mol. The molecule has 0 aliphatic rings. The van der Waals surface area contributed by atoms with Crippen LogP contribution in [0.5, 0.6) is 0 Å². The van der Waals surface area contributed by atoms with E-state index in [1.54, 1.807) is 0 Å². The van der Waals surface area contributed by atoms with Crippen LogP contribution in [0.15, 0.2) is 34.8 Å². The predicted molar refractivity (Wildman–Crippen MR) is 87.7 cm³/mol. The van der Waals surface area contributed by atoms with Gasteiger partial charge in [-0.05, 0) is 58.2 Å². The van der Waals surface area contributed by atoms with Crippen molar-refractivity contribution in [1.29, 1.82) is 0 Å². The average molecular weight is 380 g/mol. The lowest BCUT2D eigenvalue weighted by atomic mass is 10.2. The summed E-state index contributed by atoms with van der Waals surface area (Å²) in [5.74, 6) is 0. The fourth-order valence-corrected chi connectivity index (χ4v) is 2.62. The second kappa shape index (κ2) is 6.36. The molecule has 100 valence electrons. The van der Waals surface area contributed by atoms with Gasteiger partial charge in [-0.2, -0.15) is 0 Å². The van der Waals surface area contributed by atoms with Crippen LogP contribution in [0.1, 0.15) is 11.1 Å². The molecule has 1 nitrogen and oxygen atoms in total. The van der Waals surface area contributed by atoms with E-state index in [9.17, 15) is 0 Å². The molecule has 0 saturated heterocycles. The van der Waals surface area contributed by atoms with Gasteiger partial charge >= 0.3 is 0 Å². The summed E-state index contributed by atoms with van der Waals surface area (Å²) in [6, 6.07) is 9.48. The predicted octanol–water partition coefficient (Wildman–Crippen LogP) is 6.33. The minimum absolute atomic E-state index is 0.648. The Morgan fingerprint density at radius 1 is 1.00 bits per heavy atom. The standard InChI is InChI=1S/C14H11BrCl3N/c1-8-4-13(18)14(6-12(8)17)19-7-9-2-3-11(16)10(15)5-9/h2-6,19H,7H2,1H3. The number of halogens is 4. The first-order chi connectivity index (χ1) is 8.97. The first-order valence-corrected chi connectivity index (χ1v) is 7.53. The Hall–Kier alpha value is -0.410. The summed E-state index contributed by atoms with van der Waals surface area (Å²) in [5, 5.41) is 5.32. The van der Waals surface area contributed by atoms with Crippen molar-refractivity contribution in [3.63, 3.8) is 0 Å². The van der Waals surface area contributed by atoms with E-state index in [-0.39, 0.29) is 0 Å². The summed E-state index contributed by atoms with van der Waals surface area (Å²) in [6.45, 7) is 2.57. The lowest BCUT2D eigenvalue weighted by Gasteiger charge is -2.11. The molecule has 0 fully saturated rings. The molecular formula is C14H11BrCl3N. The van der Waals surface area contributed by atoms with Gasteiger partial charge in [-0.1, -0.05) is 40.9 Å². The molecule has 0 bridgehead atoms. The molecule has 0 saturated carbocycles. The maximum absolute atomic E-state index is 6.17. The van der Waals surface area contributed by atoms with Gasteiger partial charge in [0.05, 0.1) is 15.7 Å². The summed E-state index contributed by atoms with van der Waals surface area (Å²) in [7, 11) is 0. The quantitative estimate of drug-likeness (QED) is 0.657. The number of hydrogen-bond acceptors (Lipinski definition) is 1. The van der Waals surface area contributed by atoms with Gasteiger partial charge in [0.2, 0.25) is 0 Å². The Labute approximate surface area is 136 Å². The van der Waals surface area contributed by atoms with E-state index in [1.165, 1.54) is 0 Å². The molecule has 1 N–H and O–H groups in total. The van der Waals surface area contributed by atoms with Crippen LogP contribution in [0.4, 0.5) is 5.69 Å². The molecule has 0 heterocycles. The van der Waals surface area contributed by atoms with Gasteiger partial charge in [0.1, 0.15) is 0 Å². The number of rotatable bonds is 3. The highest BCUT2D eigenvalue weighted by atomic mass is 79.9. The topological polar surface area (TPSA) is 12.0 Å². The highest BCUT2D eigenvalue weighted by Gasteiger charge is 2.05. The van der Waals surface area contributed by atoms with Crippen LogP contribution in [0.3, 0.4) is 0 Å². The van der Waals surface area contributed by atoms with Crippen molar-refractivity contribution < 1.29 is 0 Å². The molecule has 0 atom stereocenters. The monoisotopic (exact) mass is 377 g/mol. The van der Waals surface area contributed by atoms with Gasteiger partial charge in [-0.3, -0.25) is 0 Å². The van der Waals surface area contributed by atoms with Gasteiger partial charge in [0.25, 0.3) is 0 Å². The summed E-state index contributed by atoms with van der Waals surface area (Å²) in [5.41, 5.74) is 2.89. The third kappa shape index (κ3) is 3.79. The zero-order valence-electron chi connectivity index (χ0n) is 10.1. The summed E-state index contributed by atoms with van der Waals surface area (Å²) in [6.07, 6.45) is 0. The lowest BCUT2D eigenvalue weighted by molar-refractivity contribution is 1.14. The van der Waals surface area contributed by atoms with Crippen molar-refractivity contribution in [3.05, 3.63) is 61.0 Å². The highest BCUT2D eigenvalue weighted by Crippen LogP contribution is 2.29. The van der Waals surface area contributed by atoms with E-state index in [2.05, 4.69) is 21.2 Å². The molecule has 2 rings (SSSR count). The Kier molecular flexibility index (Phi) is 5.02. The second-order valence-corrected chi connectivity index (χ2v) is 6.26. The van der Waals surface area contributed by atoms with Crippen LogP contribution in [0, 0.1) is 6.92 Å². The summed E-state index contributed by atoms with van der Waals surface area (Å²) < 4.78 is 0.876. The van der Waals surface area contributed by atoms with E-state index in [0.717, 1.165) is 21.3 Å². The number of nitrogens with one attached hydrogen (secondary N) is 1. The van der Waals surface area contributed by atoms with Crippen molar-refractivity contribution in [2.45, 2.75) is 13.5 Å². The van der Waals surface area contributed by atoms with Crippen LogP contribution in [0.25, 0.3) is 0 Å². The summed E-state index contributed by atoms with van der Waals surface area (Å²) >= 11 is 21.6. The van der Waals surface area contributed by atoms with Crippen molar-refractivity contribution in [3.8, 4) is 0 Å². The molecule has 0 aromatic heterocycles. The molecule has 0 amide bonds. The van der Waals surface area contributed by atoms with E-state index in [4.69, 9.17) is 34.8 Å². The Bertz CT molecular complexity index is 614. The zero-order chi connectivity index (χ0) is 14.0. The van der Waals surface area contributed by atoms with Crippen LogP contribution >= 0.6 is 50.7 Å². The molecule has 0 unspecified atom stereocenters. The first kappa shape index (κ1) is 15.0. The lowest BCUT2D eigenvalue weighted by Crippen LogP contribution is -2.00. The van der Waals surface area contributed by atoms with Crippen molar-refractivity contribution in [2.75, 3.05) is 5.32 Å². The van der Waals surface area contributed by atoms with Crippen LogP contribution in [0.2, 0.25) is 15.1 Å². The Morgan fingerprint density at radius 3 is 2.42 bits per heavy atom. The first-order valence-electron chi connectivity index (χ1n) is 5.61. The third-order valence-corrected chi connectivity index (χ3v) is 4.65. The maximum atomic E-state index is 6.17. The van der Waals surface area contributed by atoms with E-state index in [0.29, 0.717) is 21.6 Å². The van der Waals surface area contributed by atoms with Crippen LogP contribution in [-0.4, -0.2) is 0 Å². The SMILES string of the molecule is Cc1cc(Cl)c(NCc2ccc(Cl)c(Br)c2)cc1Cl. The van der Waals surface area contributed by atoms with Gasteiger partial charge in [0.15, 0.2) is 0 Å². The van der Waals surface area contributed by atoms with E-state index >= 15 is 0 Å². The normalized spacial score (nSPS) is 10.6. The van der Waals surface area contributed by atoms with Crippen molar-refractivity contribution >= 4 is 56.4 Å². The minimum atomic E-state index is 0.648. The molecule has 0 radical (unpaired) electrons. The largest absolute Gasteiger partial charge is 0.380 e. The molecule has 0 aliphatic carbocycles. The van der Waals surface area contributed by atoms with Crippen molar-refractivity contribution in [2.24, 2.45) is 0 Å². The highest BCUT2D eigenvalue weighted by molar-refractivity contribution is 9.10. The fraction of sp³-hybridized carbons (Fsp3) is 0.143. The van der Waals surface area contributed by atoms with Crippen LogP contribution < -0.4 is 5.32 Å². The molecule has 2 aromatic carbocycles. The summed E-state index contributed by atoms with van der Waals surface area (Å²) in [4.78, 5) is 0. The van der Waals surface area contributed by atoms with Crippen molar-refractivity contribution in [1.82, 2.24) is 0 Å². The fourth-order valence-electron chi connectivity index (χ4n) is 1.63. The Morgan fingerprint density at radius 2 is 1.74 bits per heavy atom. The average Bonchev–Trinajstić information content (AvgIpc) is 2.36. The maximum Gasteiger partial charge on any atom is 0.0641 e. The molecule has 19 heavy (non-hydrogen) atoms. The Balaban J connectivity index is 2.14. The number of hydrogen-bond donors (Lipinski definition) is 1. The van der Waals surface area contributed by atoms with Gasteiger partial charge in [0, 0.05) is 16.0 Å². The molecule has 0 spiro atoms. The van der Waals surface area contributed by atoms with Gasteiger partial charge < -0.3 is 5.32 Å². The number of benzene rings is 2. The minimum Gasteiger partial charge on any atom is -0.380 e. The number of anilines is 1. The molecule has 2 aromatic rings. The second-order valence-electron chi connectivity index (χ2n) is 4.18. The molecule has 0 aliphatic heterocycles. The smallest absolute Gasteiger partial charge is 0.0641 e. The van der Waals surface area contributed by atoms with Crippen LogP contribution in [-0.2, 0) is 6.54 Å². The third-order valence-electron chi connectivity index (χ3n) is 2.72. The van der Waals surface area contributed by atoms with E-state index < -0.39 is 0 Å². The zero-order valence-corrected chi connectivity index (χ0v) is 14.0. The van der Waals surface area contributed by atoms with Gasteiger partial charge in [-0.15, -0.1) is 0 Å². The van der Waals surface area contributed by atoms with Gasteiger partial charge in [-0.25, -0.2) is 0 Å². The molecule has 5 heteroatoms.